The molecule has 9 nitrogen and oxygen atoms in total. The zero-order valence-corrected chi connectivity index (χ0v) is 25.5. The standard InChI is InChI=1S/C29H45N3O6S/c1-29(2,3)38-28(34)31-24(27(33)35-4)19-21-9-11-22(12-10-21)37-25-13-15-30-26-23(25)14-16-32(26)20-36-17-18-39(5,6,7)8/h9-13,15,24,39H,14,16-20H2,1-8H3,(H,31,34). The van der Waals surface area contributed by atoms with E-state index in [-0.39, 0.29) is 6.42 Å². The smallest absolute Gasteiger partial charge is 0.408 e. The van der Waals surface area contributed by atoms with Crippen LogP contribution in [0.4, 0.5) is 10.6 Å². The second kappa shape index (κ2) is 12.0. The first kappa shape index (κ1) is 30.6. The van der Waals surface area contributed by atoms with Crippen molar-refractivity contribution < 1.29 is 28.5 Å². The van der Waals surface area contributed by atoms with Crippen molar-refractivity contribution in [3.63, 3.8) is 0 Å². The van der Waals surface area contributed by atoms with E-state index in [4.69, 9.17) is 18.9 Å². The van der Waals surface area contributed by atoms with E-state index < -0.39 is 32.9 Å². The molecule has 10 heteroatoms. The summed E-state index contributed by atoms with van der Waals surface area (Å²) in [6.45, 7) is 7.38. The minimum Gasteiger partial charge on any atom is -0.467 e. The molecular weight excluding hydrogens is 518 g/mol. The van der Waals surface area contributed by atoms with Gasteiger partial charge in [0.25, 0.3) is 0 Å². The van der Waals surface area contributed by atoms with Gasteiger partial charge in [-0.15, -0.1) is 0 Å². The maximum absolute atomic E-state index is 12.3. The number of thiol groups is 1. The highest BCUT2D eigenvalue weighted by molar-refractivity contribution is 8.47. The first-order chi connectivity index (χ1) is 18.1. The molecule has 0 saturated carbocycles. The summed E-state index contributed by atoms with van der Waals surface area (Å²) in [7, 11) is -0.294. The van der Waals surface area contributed by atoms with Crippen LogP contribution in [0.2, 0.25) is 0 Å². The number of methoxy groups -OCH3 is 1. The summed E-state index contributed by atoms with van der Waals surface area (Å²) < 4.78 is 22.4. The number of pyridine rings is 1. The minimum atomic E-state index is -1.58. The van der Waals surface area contributed by atoms with Gasteiger partial charge in [-0.25, -0.2) is 14.6 Å². The van der Waals surface area contributed by atoms with Crippen molar-refractivity contribution in [1.82, 2.24) is 10.3 Å². The van der Waals surface area contributed by atoms with Gasteiger partial charge < -0.3 is 29.2 Å². The molecule has 0 fully saturated rings. The number of benzene rings is 1. The zero-order valence-electron chi connectivity index (χ0n) is 24.6. The normalized spacial score (nSPS) is 15.1. The predicted molar refractivity (Wildman–Crippen MR) is 159 cm³/mol. The Hall–Kier alpha value is -2.98. The number of rotatable bonds is 11. The lowest BCUT2D eigenvalue weighted by molar-refractivity contribution is -0.143. The van der Waals surface area contributed by atoms with Crippen molar-refractivity contribution in [2.45, 2.75) is 45.3 Å². The summed E-state index contributed by atoms with van der Waals surface area (Å²) in [4.78, 5) is 31.2. The van der Waals surface area contributed by atoms with E-state index in [1.807, 2.05) is 30.3 Å². The van der Waals surface area contributed by atoms with Crippen molar-refractivity contribution in [2.24, 2.45) is 0 Å². The topological polar surface area (TPSA) is 99.2 Å². The summed E-state index contributed by atoms with van der Waals surface area (Å²) in [5.74, 6) is 2.88. The highest BCUT2D eigenvalue weighted by atomic mass is 32.3. The number of alkyl carbamates (subject to hydrolysis) is 1. The molecule has 1 aliphatic rings. The molecule has 0 saturated heterocycles. The number of esters is 1. The van der Waals surface area contributed by atoms with Gasteiger partial charge in [-0.05, 0) is 81.7 Å². The second-order valence-corrected chi connectivity index (χ2v) is 21.3. The Morgan fingerprint density at radius 1 is 1.10 bits per heavy atom. The van der Waals surface area contributed by atoms with E-state index in [1.165, 1.54) is 7.11 Å². The summed E-state index contributed by atoms with van der Waals surface area (Å²) in [6.07, 6.45) is 11.6. The van der Waals surface area contributed by atoms with Gasteiger partial charge in [-0.1, -0.05) is 12.1 Å². The largest absolute Gasteiger partial charge is 0.467 e. The van der Waals surface area contributed by atoms with E-state index in [1.54, 1.807) is 27.0 Å². The fourth-order valence-corrected chi connectivity index (χ4v) is 4.85. The summed E-state index contributed by atoms with van der Waals surface area (Å²) in [5, 5.41) is 2.60. The summed E-state index contributed by atoms with van der Waals surface area (Å²) >= 11 is 0. The number of fused-ring (bicyclic) bond motifs is 1. The van der Waals surface area contributed by atoms with Crippen LogP contribution in [0, 0.1) is 0 Å². The SMILES string of the molecule is COC(=O)C(Cc1ccc(Oc2ccnc3c2CCN3COCC[SH](C)(C)(C)C)cc1)NC(=O)OC(C)(C)C. The lowest BCUT2D eigenvalue weighted by atomic mass is 10.1. The Morgan fingerprint density at radius 2 is 1.79 bits per heavy atom. The van der Waals surface area contributed by atoms with Gasteiger partial charge in [-0.3, -0.25) is 9.16 Å². The number of hydrogen-bond acceptors (Lipinski definition) is 8. The quantitative estimate of drug-likeness (QED) is 0.236. The van der Waals surface area contributed by atoms with Crippen LogP contribution in [0.3, 0.4) is 0 Å². The van der Waals surface area contributed by atoms with E-state index >= 15 is 0 Å². The number of amides is 1. The van der Waals surface area contributed by atoms with Crippen LogP contribution in [-0.4, -0.2) is 86.5 Å². The first-order valence-electron chi connectivity index (χ1n) is 13.2. The van der Waals surface area contributed by atoms with Crippen LogP contribution in [0.15, 0.2) is 36.5 Å². The fourth-order valence-electron chi connectivity index (χ4n) is 3.99. The van der Waals surface area contributed by atoms with Crippen LogP contribution in [0.25, 0.3) is 0 Å². The number of aromatic nitrogens is 1. The lowest BCUT2D eigenvalue weighted by Crippen LogP contribution is -2.45. The summed E-state index contributed by atoms with van der Waals surface area (Å²) in [5.41, 5.74) is 1.23. The van der Waals surface area contributed by atoms with E-state index in [0.29, 0.717) is 12.5 Å². The Bertz CT molecular complexity index is 1150. The molecule has 1 unspecified atom stereocenters. The molecule has 0 aliphatic carbocycles. The van der Waals surface area contributed by atoms with Crippen LogP contribution in [0.1, 0.15) is 31.9 Å². The molecule has 2 heterocycles. The van der Waals surface area contributed by atoms with Crippen molar-refractivity contribution in [1.29, 1.82) is 0 Å². The van der Waals surface area contributed by atoms with Gasteiger partial charge in [0.2, 0.25) is 0 Å². The molecule has 0 radical (unpaired) electrons. The minimum absolute atomic E-state index is 0.252. The van der Waals surface area contributed by atoms with Crippen LogP contribution >= 0.6 is 9.16 Å². The zero-order chi connectivity index (χ0) is 28.9. The number of nitrogens with one attached hydrogen (secondary N) is 1. The highest BCUT2D eigenvalue weighted by Gasteiger charge is 2.27. The molecular formula is C29H45N3O6S. The Morgan fingerprint density at radius 3 is 2.41 bits per heavy atom. The molecule has 39 heavy (non-hydrogen) atoms. The highest BCUT2D eigenvalue weighted by Crippen LogP contribution is 2.54. The molecule has 1 amide bonds. The van der Waals surface area contributed by atoms with Crippen molar-refractivity contribution in [2.75, 3.05) is 62.7 Å². The van der Waals surface area contributed by atoms with Crippen molar-refractivity contribution in [3.8, 4) is 11.5 Å². The van der Waals surface area contributed by atoms with Gasteiger partial charge in [-0.2, -0.15) is 0 Å². The van der Waals surface area contributed by atoms with Gasteiger partial charge in [0.15, 0.2) is 0 Å². The molecule has 3 rings (SSSR count). The van der Waals surface area contributed by atoms with Crippen LogP contribution in [0.5, 0.6) is 11.5 Å². The van der Waals surface area contributed by atoms with Crippen LogP contribution in [-0.2, 0) is 31.8 Å². The Balaban J connectivity index is 1.61. The average molecular weight is 564 g/mol. The fraction of sp³-hybridized carbons (Fsp3) is 0.552. The number of carbonyl (C=O) groups is 2. The molecule has 2 aromatic rings. The number of anilines is 1. The van der Waals surface area contributed by atoms with E-state index in [2.05, 4.69) is 40.2 Å². The number of hydrogen-bond donors (Lipinski definition) is 2. The van der Waals surface area contributed by atoms with E-state index in [0.717, 1.165) is 48.0 Å². The number of ether oxygens (including phenoxy) is 4. The molecule has 1 atom stereocenters. The Labute approximate surface area is 232 Å². The Kier molecular flexibility index (Phi) is 9.43. The maximum atomic E-state index is 12.3. The third-order valence-electron chi connectivity index (χ3n) is 6.07. The first-order valence-corrected chi connectivity index (χ1v) is 17.5. The van der Waals surface area contributed by atoms with E-state index in [9.17, 15) is 9.59 Å². The third-order valence-corrected chi connectivity index (χ3v) is 8.04. The lowest BCUT2D eigenvalue weighted by Gasteiger charge is -2.46. The molecule has 218 valence electrons. The number of carbonyl (C=O) groups excluding carboxylic acids is 2. The van der Waals surface area contributed by atoms with Gasteiger partial charge in [0.05, 0.1) is 13.7 Å². The third kappa shape index (κ3) is 9.93. The molecule has 0 spiro atoms. The van der Waals surface area contributed by atoms with Gasteiger partial charge in [0, 0.05) is 24.7 Å². The summed E-state index contributed by atoms with van der Waals surface area (Å²) in [6, 6.07) is 8.42. The monoisotopic (exact) mass is 563 g/mol. The molecule has 1 aromatic carbocycles. The molecule has 1 N–H and O–H groups in total. The molecule has 1 aromatic heterocycles. The second-order valence-electron chi connectivity index (χ2n) is 13.0. The van der Waals surface area contributed by atoms with Crippen molar-refractivity contribution >= 4 is 27.0 Å². The number of nitrogens with zero attached hydrogens (tertiary/aromatic N) is 2. The molecule has 1 aliphatic heterocycles. The van der Waals surface area contributed by atoms with Crippen LogP contribution < -0.4 is 15.0 Å². The maximum Gasteiger partial charge on any atom is 0.408 e. The molecule has 0 bridgehead atoms. The van der Waals surface area contributed by atoms with Gasteiger partial charge >= 0.3 is 12.1 Å². The predicted octanol–water partition coefficient (Wildman–Crippen LogP) is 4.41. The van der Waals surface area contributed by atoms with Crippen molar-refractivity contribution in [3.05, 3.63) is 47.7 Å². The average Bonchev–Trinajstić information content (AvgIpc) is 3.24. The van der Waals surface area contributed by atoms with Gasteiger partial charge in [0.1, 0.15) is 35.7 Å².